The maximum absolute atomic E-state index is 11.7. The number of nitrogens with one attached hydrogen (secondary N) is 2. The van der Waals surface area contributed by atoms with E-state index >= 15 is 0 Å². The summed E-state index contributed by atoms with van der Waals surface area (Å²) in [5, 5.41) is 14.5. The van der Waals surface area contributed by atoms with E-state index in [9.17, 15) is 9.59 Å². The summed E-state index contributed by atoms with van der Waals surface area (Å²) < 4.78 is 0. The van der Waals surface area contributed by atoms with Crippen molar-refractivity contribution in [3.63, 3.8) is 0 Å². The first-order valence-corrected chi connectivity index (χ1v) is 6.15. The van der Waals surface area contributed by atoms with Crippen LogP contribution in [-0.4, -0.2) is 30.1 Å². The number of carboxylic acid groups (broad SMARTS) is 1. The monoisotopic (exact) mass is 260 g/mol. The van der Waals surface area contributed by atoms with Gasteiger partial charge in [0.1, 0.15) is 0 Å². The molecule has 19 heavy (non-hydrogen) atoms. The number of aliphatic carboxylic acids is 1. The van der Waals surface area contributed by atoms with Crippen molar-refractivity contribution in [3.8, 4) is 0 Å². The number of carboxylic acids is 1. The predicted molar refractivity (Wildman–Crippen MR) is 72.7 cm³/mol. The van der Waals surface area contributed by atoms with Crippen LogP contribution >= 0.6 is 0 Å². The van der Waals surface area contributed by atoms with Crippen LogP contribution < -0.4 is 10.6 Å². The van der Waals surface area contributed by atoms with E-state index in [1.165, 1.54) is 6.08 Å². The van der Waals surface area contributed by atoms with Crippen molar-refractivity contribution in [2.75, 3.05) is 18.4 Å². The van der Waals surface area contributed by atoms with Crippen LogP contribution in [0.25, 0.3) is 6.08 Å². The molecule has 0 aromatic heterocycles. The summed E-state index contributed by atoms with van der Waals surface area (Å²) in [4.78, 5) is 22.2. The first-order chi connectivity index (χ1) is 9.13. The van der Waals surface area contributed by atoms with Gasteiger partial charge in [-0.1, -0.05) is 12.1 Å². The van der Waals surface area contributed by atoms with Gasteiger partial charge in [0.15, 0.2) is 0 Å². The number of hydrogen-bond acceptors (Lipinski definition) is 3. The highest BCUT2D eigenvalue weighted by Gasteiger charge is 2.19. The number of anilines is 1. The highest BCUT2D eigenvalue weighted by Crippen LogP contribution is 2.14. The lowest BCUT2D eigenvalue weighted by atomic mass is 9.99. The fraction of sp³-hybridized carbons (Fsp3) is 0.286. The lowest BCUT2D eigenvalue weighted by molar-refractivity contribution is -0.131. The molecule has 1 aromatic rings. The fourth-order valence-corrected chi connectivity index (χ4v) is 1.85. The Balaban J connectivity index is 1.94. The SMILES string of the molecule is O=C(O)/C=C/c1cccc(NC(=O)CC2CNC2)c1. The Labute approximate surface area is 111 Å². The van der Waals surface area contributed by atoms with Crippen LogP contribution in [0.2, 0.25) is 0 Å². The molecule has 0 spiro atoms. The van der Waals surface area contributed by atoms with Gasteiger partial charge in [-0.05, 0) is 42.8 Å². The summed E-state index contributed by atoms with van der Waals surface area (Å²) in [5.74, 6) is -0.576. The van der Waals surface area contributed by atoms with Gasteiger partial charge in [-0.2, -0.15) is 0 Å². The summed E-state index contributed by atoms with van der Waals surface area (Å²) in [5.41, 5.74) is 1.43. The molecule has 1 aliphatic heterocycles. The van der Waals surface area contributed by atoms with Crippen molar-refractivity contribution in [2.45, 2.75) is 6.42 Å². The average molecular weight is 260 g/mol. The zero-order valence-corrected chi connectivity index (χ0v) is 10.4. The predicted octanol–water partition coefficient (Wildman–Crippen LogP) is 1.33. The van der Waals surface area contributed by atoms with E-state index in [1.807, 2.05) is 0 Å². The second-order valence-corrected chi connectivity index (χ2v) is 4.57. The van der Waals surface area contributed by atoms with Crippen molar-refractivity contribution < 1.29 is 14.7 Å². The quantitative estimate of drug-likeness (QED) is 0.698. The maximum Gasteiger partial charge on any atom is 0.328 e. The van der Waals surface area contributed by atoms with Crippen molar-refractivity contribution in [2.24, 2.45) is 5.92 Å². The van der Waals surface area contributed by atoms with E-state index < -0.39 is 5.97 Å². The molecule has 100 valence electrons. The van der Waals surface area contributed by atoms with Gasteiger partial charge in [0, 0.05) is 18.2 Å². The van der Waals surface area contributed by atoms with Gasteiger partial charge in [0.05, 0.1) is 0 Å². The van der Waals surface area contributed by atoms with Crippen molar-refractivity contribution in [1.29, 1.82) is 0 Å². The van der Waals surface area contributed by atoms with Crippen molar-refractivity contribution >= 4 is 23.6 Å². The first kappa shape index (κ1) is 13.3. The minimum absolute atomic E-state index is 0.00846. The fourth-order valence-electron chi connectivity index (χ4n) is 1.85. The lowest BCUT2D eigenvalue weighted by Crippen LogP contribution is -2.43. The summed E-state index contributed by atoms with van der Waals surface area (Å²) in [6.07, 6.45) is 3.08. The molecule has 5 heteroatoms. The molecule has 1 fully saturated rings. The Morgan fingerprint density at radius 2 is 2.21 bits per heavy atom. The second-order valence-electron chi connectivity index (χ2n) is 4.57. The molecule has 0 aliphatic carbocycles. The molecule has 1 aromatic carbocycles. The maximum atomic E-state index is 11.7. The van der Waals surface area contributed by atoms with Crippen LogP contribution in [0.1, 0.15) is 12.0 Å². The number of carbonyl (C=O) groups excluding carboxylic acids is 1. The third-order valence-corrected chi connectivity index (χ3v) is 2.93. The molecule has 0 radical (unpaired) electrons. The van der Waals surface area contributed by atoms with Gasteiger partial charge in [0.25, 0.3) is 0 Å². The van der Waals surface area contributed by atoms with Crippen LogP contribution in [-0.2, 0) is 9.59 Å². The molecule has 3 N–H and O–H groups in total. The van der Waals surface area contributed by atoms with Gasteiger partial charge in [-0.15, -0.1) is 0 Å². The van der Waals surface area contributed by atoms with Gasteiger partial charge in [-0.25, -0.2) is 4.79 Å². The van der Waals surface area contributed by atoms with Gasteiger partial charge < -0.3 is 15.7 Å². The number of benzene rings is 1. The molecule has 0 atom stereocenters. The topological polar surface area (TPSA) is 78.4 Å². The molecular weight excluding hydrogens is 244 g/mol. The third-order valence-electron chi connectivity index (χ3n) is 2.93. The third kappa shape index (κ3) is 4.22. The number of amides is 1. The Morgan fingerprint density at radius 3 is 2.84 bits per heavy atom. The van der Waals surface area contributed by atoms with E-state index in [1.54, 1.807) is 24.3 Å². The van der Waals surface area contributed by atoms with E-state index in [-0.39, 0.29) is 5.91 Å². The summed E-state index contributed by atoms with van der Waals surface area (Å²) in [6, 6.07) is 7.10. The van der Waals surface area contributed by atoms with Gasteiger partial charge in [-0.3, -0.25) is 4.79 Å². The minimum atomic E-state index is -0.994. The summed E-state index contributed by atoms with van der Waals surface area (Å²) >= 11 is 0. The van der Waals surface area contributed by atoms with Gasteiger partial charge >= 0.3 is 5.97 Å². The van der Waals surface area contributed by atoms with Crippen LogP contribution in [0.5, 0.6) is 0 Å². The zero-order chi connectivity index (χ0) is 13.7. The molecule has 5 nitrogen and oxygen atoms in total. The molecule has 2 rings (SSSR count). The normalized spacial score (nSPS) is 15.2. The average Bonchev–Trinajstić information content (AvgIpc) is 2.32. The highest BCUT2D eigenvalue weighted by molar-refractivity contribution is 5.91. The molecule has 0 unspecified atom stereocenters. The Kier molecular flexibility index (Phi) is 4.30. The summed E-state index contributed by atoms with van der Waals surface area (Å²) in [7, 11) is 0. The molecule has 1 saturated heterocycles. The van der Waals surface area contributed by atoms with Crippen molar-refractivity contribution in [3.05, 3.63) is 35.9 Å². The standard InChI is InChI=1S/C14H16N2O3/c17-13(7-11-8-15-9-11)16-12-3-1-2-10(6-12)4-5-14(18)19/h1-6,11,15H,7-9H2,(H,16,17)(H,18,19)/b5-4+. The molecule has 0 saturated carbocycles. The molecular formula is C14H16N2O3. The number of hydrogen-bond donors (Lipinski definition) is 3. The first-order valence-electron chi connectivity index (χ1n) is 6.15. The zero-order valence-electron chi connectivity index (χ0n) is 10.4. The van der Waals surface area contributed by atoms with Crippen LogP contribution in [0.3, 0.4) is 0 Å². The van der Waals surface area contributed by atoms with E-state index in [0.29, 0.717) is 18.0 Å². The van der Waals surface area contributed by atoms with Gasteiger partial charge in [0.2, 0.25) is 5.91 Å². The minimum Gasteiger partial charge on any atom is -0.478 e. The van der Waals surface area contributed by atoms with E-state index in [2.05, 4.69) is 10.6 Å². The molecule has 1 heterocycles. The second kappa shape index (κ2) is 6.15. The summed E-state index contributed by atoms with van der Waals surface area (Å²) in [6.45, 7) is 1.80. The van der Waals surface area contributed by atoms with Crippen molar-refractivity contribution in [1.82, 2.24) is 5.32 Å². The molecule has 1 amide bonds. The lowest BCUT2D eigenvalue weighted by Gasteiger charge is -2.26. The van der Waals surface area contributed by atoms with E-state index in [4.69, 9.17) is 5.11 Å². The number of rotatable bonds is 5. The van der Waals surface area contributed by atoms with Crippen LogP contribution in [0, 0.1) is 5.92 Å². The Bertz CT molecular complexity index is 507. The Morgan fingerprint density at radius 1 is 1.42 bits per heavy atom. The Hall–Kier alpha value is -2.14. The van der Waals surface area contributed by atoms with E-state index in [0.717, 1.165) is 24.7 Å². The largest absolute Gasteiger partial charge is 0.478 e. The van der Waals surface area contributed by atoms with Crippen LogP contribution in [0.4, 0.5) is 5.69 Å². The molecule has 0 bridgehead atoms. The molecule has 1 aliphatic rings. The highest BCUT2D eigenvalue weighted by atomic mass is 16.4. The van der Waals surface area contributed by atoms with Crippen LogP contribution in [0.15, 0.2) is 30.3 Å². The number of carbonyl (C=O) groups is 2. The smallest absolute Gasteiger partial charge is 0.328 e.